The normalized spacial score (nSPS) is 12.8. The van der Waals surface area contributed by atoms with Gasteiger partial charge in [-0.1, -0.05) is 31.5 Å². The van der Waals surface area contributed by atoms with Crippen molar-refractivity contribution in [2.45, 2.75) is 32.7 Å². The minimum absolute atomic E-state index is 0.308. The van der Waals surface area contributed by atoms with E-state index in [-0.39, 0.29) is 0 Å². The van der Waals surface area contributed by atoms with Crippen LogP contribution in [0.4, 0.5) is 0 Å². The van der Waals surface area contributed by atoms with Gasteiger partial charge in [0, 0.05) is 24.4 Å². The standard InChI is InChI=1S/C14H20ClN3S/c1-4-10-14(15)12(18(3)17-10)9-11(16-5-2)13-7-6-8-19-13/h6-8,11,16H,4-5,9H2,1-3H3. The Hall–Kier alpha value is -0.840. The van der Waals surface area contributed by atoms with Gasteiger partial charge in [-0.05, 0) is 24.4 Å². The third kappa shape index (κ3) is 3.19. The fraction of sp³-hybridized carbons (Fsp3) is 0.500. The van der Waals surface area contributed by atoms with Gasteiger partial charge < -0.3 is 5.32 Å². The lowest BCUT2D eigenvalue weighted by Crippen LogP contribution is -2.23. The maximum Gasteiger partial charge on any atom is 0.0850 e. The van der Waals surface area contributed by atoms with Crippen molar-refractivity contribution in [1.29, 1.82) is 0 Å². The fourth-order valence-corrected chi connectivity index (χ4v) is 3.42. The summed E-state index contributed by atoms with van der Waals surface area (Å²) >= 11 is 8.21. The summed E-state index contributed by atoms with van der Waals surface area (Å²) in [6, 6.07) is 4.57. The Bertz CT molecular complexity index is 519. The summed E-state index contributed by atoms with van der Waals surface area (Å²) in [7, 11) is 1.97. The van der Waals surface area contributed by atoms with Crippen molar-refractivity contribution in [3.05, 3.63) is 38.8 Å². The molecule has 19 heavy (non-hydrogen) atoms. The molecule has 2 rings (SSSR count). The summed E-state index contributed by atoms with van der Waals surface area (Å²) in [4.78, 5) is 1.34. The molecule has 0 radical (unpaired) electrons. The van der Waals surface area contributed by atoms with E-state index >= 15 is 0 Å². The summed E-state index contributed by atoms with van der Waals surface area (Å²) in [5.74, 6) is 0. The molecular formula is C14H20ClN3S. The third-order valence-electron chi connectivity index (χ3n) is 3.24. The van der Waals surface area contributed by atoms with Crippen LogP contribution in [0.25, 0.3) is 0 Å². The Balaban J connectivity index is 2.24. The summed E-state index contributed by atoms with van der Waals surface area (Å²) in [6.45, 7) is 5.15. The van der Waals surface area contributed by atoms with E-state index in [1.807, 2.05) is 11.7 Å². The molecule has 3 nitrogen and oxygen atoms in total. The van der Waals surface area contributed by atoms with Gasteiger partial charge in [0.15, 0.2) is 0 Å². The second kappa shape index (κ2) is 6.55. The van der Waals surface area contributed by atoms with E-state index in [2.05, 4.69) is 41.8 Å². The number of aryl methyl sites for hydroxylation is 2. The lowest BCUT2D eigenvalue weighted by Gasteiger charge is -2.16. The highest BCUT2D eigenvalue weighted by Gasteiger charge is 2.19. The molecule has 1 unspecified atom stereocenters. The average molecular weight is 298 g/mol. The topological polar surface area (TPSA) is 29.9 Å². The van der Waals surface area contributed by atoms with Gasteiger partial charge in [0.05, 0.1) is 16.4 Å². The van der Waals surface area contributed by atoms with Crippen molar-refractivity contribution in [3.8, 4) is 0 Å². The highest BCUT2D eigenvalue weighted by Crippen LogP contribution is 2.28. The predicted octanol–water partition coefficient (Wildman–Crippen LogP) is 3.59. The van der Waals surface area contributed by atoms with E-state index in [0.717, 1.165) is 35.8 Å². The molecular weight excluding hydrogens is 278 g/mol. The van der Waals surface area contributed by atoms with Gasteiger partial charge in [-0.2, -0.15) is 5.10 Å². The molecule has 0 fully saturated rings. The zero-order valence-electron chi connectivity index (χ0n) is 11.6. The van der Waals surface area contributed by atoms with Gasteiger partial charge in [-0.25, -0.2) is 0 Å². The average Bonchev–Trinajstić information content (AvgIpc) is 3.01. The number of aromatic nitrogens is 2. The van der Waals surface area contributed by atoms with E-state index in [0.29, 0.717) is 6.04 Å². The first-order chi connectivity index (χ1) is 9.17. The van der Waals surface area contributed by atoms with Crippen molar-refractivity contribution in [2.75, 3.05) is 6.54 Å². The number of halogens is 1. The van der Waals surface area contributed by atoms with Crippen LogP contribution in [0.1, 0.15) is 36.2 Å². The molecule has 0 saturated carbocycles. The summed E-state index contributed by atoms with van der Waals surface area (Å²) in [5.41, 5.74) is 2.10. The van der Waals surface area contributed by atoms with Crippen LogP contribution in [-0.2, 0) is 19.9 Å². The number of thiophene rings is 1. The Morgan fingerprint density at radius 1 is 1.47 bits per heavy atom. The molecule has 5 heteroatoms. The Morgan fingerprint density at radius 3 is 2.79 bits per heavy atom. The minimum Gasteiger partial charge on any atom is -0.309 e. The van der Waals surface area contributed by atoms with Crippen LogP contribution in [-0.4, -0.2) is 16.3 Å². The molecule has 104 valence electrons. The van der Waals surface area contributed by atoms with Crippen LogP contribution in [0, 0.1) is 0 Å². The van der Waals surface area contributed by atoms with Crippen molar-refractivity contribution >= 4 is 22.9 Å². The Labute approximate surface area is 123 Å². The molecule has 0 amide bonds. The predicted molar refractivity (Wildman–Crippen MR) is 82.0 cm³/mol. The van der Waals surface area contributed by atoms with E-state index in [4.69, 9.17) is 11.6 Å². The third-order valence-corrected chi connectivity index (χ3v) is 4.66. The van der Waals surface area contributed by atoms with E-state index in [1.165, 1.54) is 4.88 Å². The lowest BCUT2D eigenvalue weighted by molar-refractivity contribution is 0.536. The van der Waals surface area contributed by atoms with Crippen LogP contribution < -0.4 is 5.32 Å². The Kier molecular flexibility index (Phi) is 5.02. The molecule has 0 spiro atoms. The summed E-state index contributed by atoms with van der Waals surface area (Å²) < 4.78 is 1.92. The number of hydrogen-bond acceptors (Lipinski definition) is 3. The zero-order valence-corrected chi connectivity index (χ0v) is 13.2. The fourth-order valence-electron chi connectivity index (χ4n) is 2.24. The van der Waals surface area contributed by atoms with Crippen LogP contribution in [0.3, 0.4) is 0 Å². The van der Waals surface area contributed by atoms with Gasteiger partial charge in [0.1, 0.15) is 0 Å². The van der Waals surface area contributed by atoms with E-state index in [1.54, 1.807) is 11.3 Å². The van der Waals surface area contributed by atoms with Crippen LogP contribution in [0.15, 0.2) is 17.5 Å². The highest BCUT2D eigenvalue weighted by molar-refractivity contribution is 7.10. The molecule has 0 aliphatic rings. The highest BCUT2D eigenvalue weighted by atomic mass is 35.5. The first kappa shape index (κ1) is 14.6. The molecule has 2 aromatic rings. The SMILES string of the molecule is CCNC(Cc1c(Cl)c(CC)nn1C)c1cccs1. The lowest BCUT2D eigenvalue weighted by atomic mass is 10.1. The molecule has 2 heterocycles. The molecule has 0 bridgehead atoms. The molecule has 0 aromatic carbocycles. The van der Waals surface area contributed by atoms with Gasteiger partial charge in [-0.3, -0.25) is 4.68 Å². The zero-order chi connectivity index (χ0) is 13.8. The minimum atomic E-state index is 0.308. The van der Waals surface area contributed by atoms with Gasteiger partial charge in [-0.15, -0.1) is 11.3 Å². The number of likely N-dealkylation sites (N-methyl/N-ethyl adjacent to an activating group) is 1. The molecule has 0 saturated heterocycles. The van der Waals surface area contributed by atoms with Gasteiger partial charge in [0.2, 0.25) is 0 Å². The van der Waals surface area contributed by atoms with Crippen LogP contribution in [0.5, 0.6) is 0 Å². The largest absolute Gasteiger partial charge is 0.309 e. The second-order valence-electron chi connectivity index (χ2n) is 4.51. The first-order valence-corrected chi connectivity index (χ1v) is 7.90. The smallest absolute Gasteiger partial charge is 0.0850 e. The van der Waals surface area contributed by atoms with Gasteiger partial charge >= 0.3 is 0 Å². The maximum atomic E-state index is 6.43. The number of rotatable bonds is 6. The quantitative estimate of drug-likeness (QED) is 0.883. The van der Waals surface area contributed by atoms with E-state index < -0.39 is 0 Å². The summed E-state index contributed by atoms with van der Waals surface area (Å²) in [6.07, 6.45) is 1.74. The van der Waals surface area contributed by atoms with Crippen LogP contribution >= 0.6 is 22.9 Å². The maximum absolute atomic E-state index is 6.43. The van der Waals surface area contributed by atoms with Crippen LogP contribution in [0.2, 0.25) is 5.02 Å². The molecule has 0 aliphatic carbocycles. The first-order valence-electron chi connectivity index (χ1n) is 6.64. The monoisotopic (exact) mass is 297 g/mol. The van der Waals surface area contributed by atoms with Crippen molar-refractivity contribution in [1.82, 2.24) is 15.1 Å². The second-order valence-corrected chi connectivity index (χ2v) is 5.87. The van der Waals surface area contributed by atoms with Gasteiger partial charge in [0.25, 0.3) is 0 Å². The summed E-state index contributed by atoms with van der Waals surface area (Å²) in [5, 5.41) is 10.9. The molecule has 0 aliphatic heterocycles. The Morgan fingerprint density at radius 2 is 2.26 bits per heavy atom. The van der Waals surface area contributed by atoms with Crippen molar-refractivity contribution < 1.29 is 0 Å². The number of nitrogens with zero attached hydrogens (tertiary/aromatic N) is 2. The molecule has 2 aromatic heterocycles. The molecule has 1 N–H and O–H groups in total. The molecule has 1 atom stereocenters. The number of nitrogens with one attached hydrogen (secondary N) is 1. The van der Waals surface area contributed by atoms with Crippen molar-refractivity contribution in [2.24, 2.45) is 7.05 Å². The van der Waals surface area contributed by atoms with E-state index in [9.17, 15) is 0 Å². The number of hydrogen-bond donors (Lipinski definition) is 1. The van der Waals surface area contributed by atoms with Crippen molar-refractivity contribution in [3.63, 3.8) is 0 Å².